The summed E-state index contributed by atoms with van der Waals surface area (Å²) < 4.78 is 20.0. The lowest BCUT2D eigenvalue weighted by Crippen LogP contribution is -2.55. The molecule has 2 aromatic heterocycles. The first kappa shape index (κ1) is 31.0. The lowest BCUT2D eigenvalue weighted by molar-refractivity contribution is 0.0159. The van der Waals surface area contributed by atoms with Gasteiger partial charge in [0.15, 0.2) is 0 Å². The molecule has 0 spiro atoms. The third-order valence-electron chi connectivity index (χ3n) is 7.98. The normalized spacial score (nSPS) is 15.2. The van der Waals surface area contributed by atoms with Gasteiger partial charge in [-0.15, -0.1) is 0 Å². The van der Waals surface area contributed by atoms with Gasteiger partial charge in [0.05, 0.1) is 16.8 Å². The van der Waals surface area contributed by atoms with E-state index in [4.69, 9.17) is 24.3 Å². The molecule has 0 saturated carbocycles. The number of hydrogen-bond acceptors (Lipinski definition) is 7. The number of pyridine rings is 1. The molecule has 6 rings (SSSR count). The first-order chi connectivity index (χ1) is 22.2. The minimum atomic E-state index is -0.532. The highest BCUT2D eigenvalue weighted by molar-refractivity contribution is 6.01. The van der Waals surface area contributed by atoms with E-state index in [1.54, 1.807) is 0 Å². The van der Waals surface area contributed by atoms with E-state index in [1.807, 2.05) is 110 Å². The first-order valence-electron chi connectivity index (χ1n) is 15.7. The number of carbonyl (C=O) groups excluding carboxylic acids is 1. The molecule has 0 N–H and O–H groups in total. The molecule has 1 atom stereocenters. The van der Waals surface area contributed by atoms with Crippen LogP contribution in [0.2, 0.25) is 0 Å². The summed E-state index contributed by atoms with van der Waals surface area (Å²) in [5, 5.41) is 5.99. The summed E-state index contributed by atoms with van der Waals surface area (Å²) in [6, 6.07) is 30.1. The molecule has 1 aliphatic heterocycles. The molecular weight excluding hydrogens is 578 g/mol. The van der Waals surface area contributed by atoms with Crippen LogP contribution in [0.5, 0.6) is 11.8 Å². The third-order valence-corrected chi connectivity index (χ3v) is 7.98. The quantitative estimate of drug-likeness (QED) is 0.181. The molecule has 46 heavy (non-hydrogen) atoms. The lowest BCUT2D eigenvalue weighted by atomic mass is 10.1. The maximum atomic E-state index is 12.9. The summed E-state index contributed by atoms with van der Waals surface area (Å²) in [4.78, 5) is 21.8. The molecule has 0 radical (unpaired) electrons. The Morgan fingerprint density at radius 3 is 2.17 bits per heavy atom. The number of rotatable bonds is 8. The van der Waals surface area contributed by atoms with Gasteiger partial charge in [0, 0.05) is 44.2 Å². The van der Waals surface area contributed by atoms with Crippen LogP contribution in [0.3, 0.4) is 0 Å². The van der Waals surface area contributed by atoms with E-state index in [1.165, 1.54) is 0 Å². The minimum absolute atomic E-state index is 0.0165. The van der Waals surface area contributed by atoms with Gasteiger partial charge in [-0.1, -0.05) is 72.8 Å². The van der Waals surface area contributed by atoms with Crippen LogP contribution in [0.4, 0.5) is 10.5 Å². The van der Waals surface area contributed by atoms with Crippen molar-refractivity contribution in [1.29, 1.82) is 0 Å². The molecule has 1 amide bonds. The van der Waals surface area contributed by atoms with Crippen molar-refractivity contribution < 1.29 is 19.0 Å². The third kappa shape index (κ3) is 6.93. The van der Waals surface area contributed by atoms with Crippen LogP contribution in [-0.2, 0) is 25.0 Å². The number of nitrogens with zero attached hydrogens (tertiary/aromatic N) is 5. The number of ether oxygens (including phenoxy) is 3. The number of para-hydroxylation sites is 1. The van der Waals surface area contributed by atoms with Gasteiger partial charge in [0.1, 0.15) is 24.5 Å². The van der Waals surface area contributed by atoms with Crippen molar-refractivity contribution in [3.63, 3.8) is 0 Å². The highest BCUT2D eigenvalue weighted by Crippen LogP contribution is 2.38. The molecule has 5 aromatic rings. The zero-order valence-corrected chi connectivity index (χ0v) is 27.1. The Kier molecular flexibility index (Phi) is 8.83. The predicted octanol–water partition coefficient (Wildman–Crippen LogP) is 7.24. The van der Waals surface area contributed by atoms with E-state index < -0.39 is 5.60 Å². The van der Waals surface area contributed by atoms with Crippen LogP contribution in [0, 0.1) is 0 Å². The summed E-state index contributed by atoms with van der Waals surface area (Å²) >= 11 is 0. The van der Waals surface area contributed by atoms with Crippen LogP contribution >= 0.6 is 0 Å². The van der Waals surface area contributed by atoms with E-state index in [2.05, 4.69) is 30.0 Å². The first-order valence-corrected chi connectivity index (χ1v) is 15.7. The molecule has 1 saturated heterocycles. The molecule has 9 nitrogen and oxygen atoms in total. The zero-order chi connectivity index (χ0) is 32.3. The second-order valence-electron chi connectivity index (χ2n) is 12.7. The van der Waals surface area contributed by atoms with Crippen LogP contribution < -0.4 is 14.4 Å². The van der Waals surface area contributed by atoms with Crippen molar-refractivity contribution in [2.24, 2.45) is 7.05 Å². The number of amides is 1. The van der Waals surface area contributed by atoms with Gasteiger partial charge < -0.3 is 24.0 Å². The Balaban J connectivity index is 1.30. The summed E-state index contributed by atoms with van der Waals surface area (Å²) in [7, 11) is 1.96. The molecule has 3 heterocycles. The van der Waals surface area contributed by atoms with E-state index >= 15 is 0 Å². The number of hydrogen-bond donors (Lipinski definition) is 0. The Labute approximate surface area is 270 Å². The van der Waals surface area contributed by atoms with Crippen molar-refractivity contribution in [3.8, 4) is 23.0 Å². The summed E-state index contributed by atoms with van der Waals surface area (Å²) in [5.74, 6) is 0.938. The second kappa shape index (κ2) is 13.1. The van der Waals surface area contributed by atoms with Crippen LogP contribution in [-0.4, -0.2) is 57.0 Å². The number of benzene rings is 3. The van der Waals surface area contributed by atoms with Crippen molar-refractivity contribution in [1.82, 2.24) is 19.7 Å². The van der Waals surface area contributed by atoms with Gasteiger partial charge in [-0.25, -0.2) is 4.79 Å². The highest BCUT2D eigenvalue weighted by atomic mass is 16.6. The fourth-order valence-electron chi connectivity index (χ4n) is 5.79. The van der Waals surface area contributed by atoms with Gasteiger partial charge in [-0.2, -0.15) is 10.1 Å². The maximum absolute atomic E-state index is 12.9. The smallest absolute Gasteiger partial charge is 0.410 e. The lowest BCUT2D eigenvalue weighted by Gasteiger charge is -2.41. The average Bonchev–Trinajstić information content (AvgIpc) is 3.39. The monoisotopic (exact) mass is 619 g/mol. The molecule has 0 bridgehead atoms. The number of piperazine rings is 1. The molecular formula is C37H41N5O4. The Morgan fingerprint density at radius 2 is 1.52 bits per heavy atom. The summed E-state index contributed by atoms with van der Waals surface area (Å²) in [5.41, 5.74) is 5.21. The fourth-order valence-corrected chi connectivity index (χ4v) is 5.79. The van der Waals surface area contributed by atoms with E-state index in [-0.39, 0.29) is 12.1 Å². The number of fused-ring (bicyclic) bond motifs is 1. The van der Waals surface area contributed by atoms with Gasteiger partial charge in [0.25, 0.3) is 0 Å². The van der Waals surface area contributed by atoms with E-state index in [0.717, 1.165) is 39.0 Å². The summed E-state index contributed by atoms with van der Waals surface area (Å²) in [6.07, 6.45) is -0.271. The van der Waals surface area contributed by atoms with Crippen molar-refractivity contribution in [3.05, 3.63) is 102 Å². The molecule has 238 valence electrons. The Bertz CT molecular complexity index is 1800. The van der Waals surface area contributed by atoms with Crippen molar-refractivity contribution in [2.75, 3.05) is 24.5 Å². The largest absolute Gasteiger partial charge is 0.473 e. The van der Waals surface area contributed by atoms with E-state index in [9.17, 15) is 4.79 Å². The summed E-state index contributed by atoms with van der Waals surface area (Å²) in [6.45, 7) is 10.4. The Hall–Kier alpha value is -5.05. The topological polar surface area (TPSA) is 82.0 Å². The fraction of sp³-hybridized carbons (Fsp3) is 0.324. The average molecular weight is 620 g/mol. The van der Waals surface area contributed by atoms with Gasteiger partial charge in [-0.3, -0.25) is 4.68 Å². The predicted molar refractivity (Wildman–Crippen MR) is 180 cm³/mol. The van der Waals surface area contributed by atoms with Crippen LogP contribution in [0.15, 0.2) is 91.0 Å². The molecule has 0 aliphatic carbocycles. The Morgan fingerprint density at radius 1 is 0.848 bits per heavy atom. The van der Waals surface area contributed by atoms with Crippen molar-refractivity contribution in [2.45, 2.75) is 52.6 Å². The second-order valence-corrected chi connectivity index (χ2v) is 12.7. The highest BCUT2D eigenvalue weighted by Gasteiger charge is 2.32. The minimum Gasteiger partial charge on any atom is -0.473 e. The standard InChI is InChI=1S/C37H41N5O4/c1-26-23-41(21-22-42(26)36(43)46-37(2,3)4)31-18-12-17-29-33(39-40(5)34(29)31)30-19-20-32(44-24-27-13-8-6-9-14-27)38-35(30)45-25-28-15-10-7-11-16-28/h6-20,26H,21-25H2,1-5H3/t26-/m1/s1. The number of anilines is 1. The molecule has 1 fully saturated rings. The molecule has 9 heteroatoms. The van der Waals surface area contributed by atoms with Crippen molar-refractivity contribution >= 4 is 22.7 Å². The number of carbonyl (C=O) groups is 1. The van der Waals surface area contributed by atoms with Gasteiger partial charge in [0.2, 0.25) is 11.8 Å². The zero-order valence-electron chi connectivity index (χ0n) is 27.1. The van der Waals surface area contributed by atoms with E-state index in [0.29, 0.717) is 44.6 Å². The van der Waals surface area contributed by atoms with Crippen LogP contribution in [0.25, 0.3) is 22.2 Å². The number of aromatic nitrogens is 3. The molecule has 1 aliphatic rings. The van der Waals surface area contributed by atoms with Crippen LogP contribution in [0.1, 0.15) is 38.8 Å². The SMILES string of the molecule is C[C@@H]1CN(c2cccc3c(-c4ccc(OCc5ccccc5)nc4OCc4ccccc4)nn(C)c23)CCN1C(=O)OC(C)(C)C. The maximum Gasteiger partial charge on any atom is 0.410 e. The molecule has 3 aromatic carbocycles. The van der Waals surface area contributed by atoms with Gasteiger partial charge in [-0.05, 0) is 51.0 Å². The molecule has 0 unspecified atom stereocenters. The number of aryl methyl sites for hydroxylation is 1. The van der Waals surface area contributed by atoms with Gasteiger partial charge >= 0.3 is 6.09 Å².